The highest BCUT2D eigenvalue weighted by molar-refractivity contribution is 8.04. The van der Waals surface area contributed by atoms with Crippen LogP contribution in [0.3, 0.4) is 0 Å². The lowest BCUT2D eigenvalue weighted by molar-refractivity contribution is -0.134. The number of carbonyl (C=O) groups is 4. The SMILES string of the molecule is BBC(=O)C(CSC1CCC1SCC(NC(C)(C)CC)C(=O)BB)NC(=O)C(C)(C)CCOC(C)(N)CCC(=O)C(C)(C)CC. The molecule has 1 rings (SSSR count). The second-order valence-electron chi connectivity index (χ2n) is 14.9. The van der Waals surface area contributed by atoms with Gasteiger partial charge in [-0.25, -0.2) is 0 Å². The Morgan fingerprint density at radius 3 is 1.82 bits per heavy atom. The second-order valence-corrected chi connectivity index (χ2v) is 17.4. The Balaban J connectivity index is 2.66. The lowest BCUT2D eigenvalue weighted by atomic mass is 9.51. The first-order valence-electron chi connectivity index (χ1n) is 17.1. The number of hydrogen-bond donors (Lipinski definition) is 3. The normalized spacial score (nSPS) is 19.9. The molecule has 1 aliphatic rings. The molecule has 0 spiro atoms. The fourth-order valence-electron chi connectivity index (χ4n) is 4.73. The maximum atomic E-state index is 13.4. The lowest BCUT2D eigenvalue weighted by Gasteiger charge is -2.38. The van der Waals surface area contributed by atoms with E-state index in [1.165, 1.54) is 0 Å². The van der Waals surface area contributed by atoms with E-state index in [2.05, 4.69) is 31.4 Å². The average Bonchev–Trinajstić information content (AvgIpc) is 2.96. The summed E-state index contributed by atoms with van der Waals surface area (Å²) < 4.78 is 5.94. The standard InChI is InChI=1S/C31H61B4N3O5S2/c1-10-28(3,4)24(39)14-15-31(9,36)43-17-16-29(5,6)27(42)37-20(25(40)34-32)18-44-22-12-13-23(22)45-19-21(26(41)35-33)38-30(7,8)11-2/h20-23,34-35,38H,10-19,32-33,36H2,1-9H3,(H,37,42). The van der Waals surface area contributed by atoms with Crippen molar-refractivity contribution >= 4 is 76.4 Å². The van der Waals surface area contributed by atoms with Crippen LogP contribution in [0.5, 0.6) is 0 Å². The number of rotatable bonds is 24. The molecule has 1 fully saturated rings. The molecule has 45 heavy (non-hydrogen) atoms. The van der Waals surface area contributed by atoms with Gasteiger partial charge in [-0.1, -0.05) is 41.5 Å². The van der Waals surface area contributed by atoms with Crippen molar-refractivity contribution in [3.8, 4) is 0 Å². The van der Waals surface area contributed by atoms with Gasteiger partial charge in [-0.15, -0.1) is 0 Å². The molecule has 254 valence electrons. The number of nitrogens with two attached hydrogens (primary N) is 1. The number of carbonyl (C=O) groups excluding carboxylic acids is 4. The van der Waals surface area contributed by atoms with Crippen molar-refractivity contribution < 1.29 is 23.9 Å². The van der Waals surface area contributed by atoms with Crippen LogP contribution in [0.25, 0.3) is 0 Å². The predicted molar refractivity (Wildman–Crippen MR) is 202 cm³/mol. The van der Waals surface area contributed by atoms with Gasteiger partial charge in [0.2, 0.25) is 5.91 Å². The average molecular weight is 663 g/mol. The molecule has 0 saturated heterocycles. The summed E-state index contributed by atoms with van der Waals surface area (Å²) in [5, 5.41) is 7.43. The third-order valence-electron chi connectivity index (χ3n) is 9.59. The zero-order valence-electron chi connectivity index (χ0n) is 30.2. The van der Waals surface area contributed by atoms with Gasteiger partial charge >= 0.3 is 0 Å². The van der Waals surface area contributed by atoms with Gasteiger partial charge < -0.3 is 30.7 Å². The summed E-state index contributed by atoms with van der Waals surface area (Å²) in [6, 6.07) is -0.706. The summed E-state index contributed by atoms with van der Waals surface area (Å²) in [5.41, 5.74) is 4.42. The van der Waals surface area contributed by atoms with Gasteiger partial charge in [0.15, 0.2) is 14.3 Å². The molecule has 8 nitrogen and oxygen atoms in total. The molecule has 5 atom stereocenters. The summed E-state index contributed by atoms with van der Waals surface area (Å²) in [4.78, 5) is 51.4. The third-order valence-corrected chi connectivity index (χ3v) is 12.8. The quantitative estimate of drug-likeness (QED) is 0.104. The first kappa shape index (κ1) is 42.3. The van der Waals surface area contributed by atoms with Gasteiger partial charge in [0.1, 0.15) is 17.2 Å². The molecule has 4 N–H and O–H groups in total. The van der Waals surface area contributed by atoms with E-state index in [0.717, 1.165) is 31.4 Å². The predicted octanol–water partition coefficient (Wildman–Crippen LogP) is 1.53. The summed E-state index contributed by atoms with van der Waals surface area (Å²) in [6.45, 7) is 18.1. The van der Waals surface area contributed by atoms with E-state index in [0.29, 0.717) is 49.9 Å². The number of nitrogens with one attached hydrogen (secondary N) is 2. The molecule has 14 heteroatoms. The van der Waals surface area contributed by atoms with E-state index in [1.807, 2.05) is 61.9 Å². The Kier molecular flexibility index (Phi) is 17.6. The zero-order valence-corrected chi connectivity index (χ0v) is 31.9. The number of hydrogen-bond acceptors (Lipinski definition) is 9. The van der Waals surface area contributed by atoms with Crippen molar-refractivity contribution in [1.82, 2.24) is 10.6 Å². The van der Waals surface area contributed by atoms with Gasteiger partial charge in [-0.3, -0.25) is 9.59 Å². The molecule has 0 aromatic heterocycles. The van der Waals surface area contributed by atoms with Crippen LogP contribution in [-0.2, 0) is 23.9 Å². The maximum Gasteiger partial charge on any atom is 0.226 e. The largest absolute Gasteiger partial charge is 0.361 e. The molecule has 5 unspecified atom stereocenters. The molecule has 1 amide bonds. The number of ether oxygens (including phenoxy) is 1. The minimum atomic E-state index is -0.965. The highest BCUT2D eigenvalue weighted by Crippen LogP contribution is 2.41. The van der Waals surface area contributed by atoms with Gasteiger partial charge in [0.25, 0.3) is 0 Å². The first-order valence-corrected chi connectivity index (χ1v) is 19.2. The van der Waals surface area contributed by atoms with Crippen molar-refractivity contribution in [1.29, 1.82) is 0 Å². The van der Waals surface area contributed by atoms with E-state index < -0.39 is 17.2 Å². The van der Waals surface area contributed by atoms with Crippen molar-refractivity contribution in [2.45, 2.75) is 141 Å². The Morgan fingerprint density at radius 1 is 0.844 bits per heavy atom. The molecular weight excluding hydrogens is 602 g/mol. The van der Waals surface area contributed by atoms with Gasteiger partial charge in [-0.05, 0) is 59.3 Å². The molecule has 0 radical (unpaired) electrons. The van der Waals surface area contributed by atoms with Gasteiger partial charge in [-0.2, -0.15) is 23.5 Å². The van der Waals surface area contributed by atoms with Crippen molar-refractivity contribution in [3.63, 3.8) is 0 Å². The molecule has 0 aromatic rings. The van der Waals surface area contributed by atoms with Crippen LogP contribution >= 0.6 is 23.5 Å². The van der Waals surface area contributed by atoms with Crippen LogP contribution in [0, 0.1) is 10.8 Å². The fourth-order valence-corrected chi connectivity index (χ4v) is 7.93. The Hall–Kier alpha value is -0.680. The number of amides is 1. The van der Waals surface area contributed by atoms with Crippen LogP contribution in [0.1, 0.15) is 107 Å². The van der Waals surface area contributed by atoms with E-state index >= 15 is 0 Å². The van der Waals surface area contributed by atoms with Crippen molar-refractivity contribution in [2.24, 2.45) is 16.6 Å². The van der Waals surface area contributed by atoms with Crippen LogP contribution in [-0.4, -0.2) is 105 Å². The van der Waals surface area contributed by atoms with Crippen LogP contribution in [0.2, 0.25) is 0 Å². The van der Waals surface area contributed by atoms with E-state index in [1.54, 1.807) is 18.7 Å². The molecule has 0 bridgehead atoms. The van der Waals surface area contributed by atoms with Crippen molar-refractivity contribution in [3.05, 3.63) is 0 Å². The number of ketones is 1. The summed E-state index contributed by atoms with van der Waals surface area (Å²) in [5.74, 6) is 1.28. The summed E-state index contributed by atoms with van der Waals surface area (Å²) >= 11 is 3.62. The number of thioether (sulfide) groups is 2. The van der Waals surface area contributed by atoms with Gasteiger partial charge in [0, 0.05) is 51.4 Å². The Bertz CT molecular complexity index is 1000. The second kappa shape index (κ2) is 18.8. The van der Waals surface area contributed by atoms with Crippen LogP contribution in [0.15, 0.2) is 0 Å². The zero-order chi connectivity index (χ0) is 34.6. The number of Topliss-reactive ketones (excluding diaryl/α,β-unsaturated/α-hetero) is 1. The lowest BCUT2D eigenvalue weighted by Crippen LogP contribution is -2.52. The molecular formula is C31H61B4N3O5S2. The topological polar surface area (TPSA) is 128 Å². The monoisotopic (exact) mass is 663 g/mol. The highest BCUT2D eigenvalue weighted by atomic mass is 32.2. The molecule has 0 aliphatic heterocycles. The third kappa shape index (κ3) is 14.5. The van der Waals surface area contributed by atoms with E-state index in [-0.39, 0.29) is 46.7 Å². The maximum absolute atomic E-state index is 13.4. The van der Waals surface area contributed by atoms with Gasteiger partial charge in [0.05, 0.1) is 33.2 Å². The summed E-state index contributed by atoms with van der Waals surface area (Å²) in [7, 11) is 4.63. The smallest absolute Gasteiger partial charge is 0.226 e. The molecule has 0 aromatic carbocycles. The van der Waals surface area contributed by atoms with Crippen LogP contribution in [0.4, 0.5) is 0 Å². The first-order chi connectivity index (χ1) is 20.7. The Morgan fingerprint density at radius 2 is 1.36 bits per heavy atom. The summed E-state index contributed by atoms with van der Waals surface area (Å²) in [6.07, 6.45) is 5.09. The van der Waals surface area contributed by atoms with E-state index in [4.69, 9.17) is 10.5 Å². The van der Waals surface area contributed by atoms with E-state index in [9.17, 15) is 19.2 Å². The molecule has 1 aliphatic carbocycles. The van der Waals surface area contributed by atoms with Crippen LogP contribution < -0.4 is 16.4 Å². The minimum Gasteiger partial charge on any atom is -0.361 e. The highest BCUT2D eigenvalue weighted by Gasteiger charge is 2.36. The molecule has 1 saturated carbocycles. The fraction of sp³-hybridized carbons (Fsp3) is 0.871. The Labute approximate surface area is 285 Å². The minimum absolute atomic E-state index is 0.0280. The molecule has 0 heterocycles. The van der Waals surface area contributed by atoms with Crippen molar-refractivity contribution in [2.75, 3.05) is 18.1 Å².